The van der Waals surface area contributed by atoms with Crippen LogP contribution in [0.2, 0.25) is 0 Å². The maximum atomic E-state index is 10.5. The Morgan fingerprint density at radius 2 is 2.00 bits per heavy atom. The Labute approximate surface area is 84.2 Å². The fourth-order valence-corrected chi connectivity index (χ4v) is 0.823. The van der Waals surface area contributed by atoms with Gasteiger partial charge in [0, 0.05) is 17.4 Å². The number of aliphatic hydroxyl groups excluding tert-OH is 4. The van der Waals surface area contributed by atoms with E-state index in [1.807, 2.05) is 0 Å². The molecule has 3 radical (unpaired) electrons. The van der Waals surface area contributed by atoms with Gasteiger partial charge in [-0.1, -0.05) is 0 Å². The molecule has 2 atom stereocenters. The van der Waals surface area contributed by atoms with Crippen molar-refractivity contribution in [1.82, 2.24) is 0 Å². The van der Waals surface area contributed by atoms with Gasteiger partial charge in [0.05, 0.1) is 6.61 Å². The minimum atomic E-state index is -1.42. The van der Waals surface area contributed by atoms with E-state index in [2.05, 4.69) is 4.74 Å². The molecule has 0 aliphatic carbocycles. The predicted octanol–water partition coefficient (Wildman–Crippen LogP) is -1.79. The van der Waals surface area contributed by atoms with Gasteiger partial charge in [-0.25, -0.2) is 4.79 Å². The maximum absolute atomic E-state index is 10.5. The lowest BCUT2D eigenvalue weighted by atomic mass is 10.2. The minimum Gasteiger partial charge on any atom is -0.505 e. The number of hydrogen-bond acceptors (Lipinski definition) is 6. The zero-order valence-corrected chi connectivity index (χ0v) is 7.70. The summed E-state index contributed by atoms with van der Waals surface area (Å²) in [6.45, 7) is -0.671. The van der Waals surface area contributed by atoms with Crippen molar-refractivity contribution in [3.05, 3.63) is 11.5 Å². The smallest absolute Gasteiger partial charge is 0.377 e. The molecule has 0 fully saturated rings. The van der Waals surface area contributed by atoms with Crippen LogP contribution in [0, 0.1) is 0 Å². The molecule has 1 aliphatic heterocycles. The quantitative estimate of drug-likeness (QED) is 0.312. The van der Waals surface area contributed by atoms with Gasteiger partial charge < -0.3 is 25.2 Å². The summed E-state index contributed by atoms with van der Waals surface area (Å²) in [5, 5.41) is 35.0. The standard InChI is InChI=1S/C6H8O6.Al/c7-1-2(8)5-3(9)4(10)6(11)12-5;/h2,5,7-10H,1H2;/t2-,5+;/m0./s1. The van der Waals surface area contributed by atoms with Crippen LogP contribution in [0.1, 0.15) is 0 Å². The van der Waals surface area contributed by atoms with Crippen LogP contribution >= 0.6 is 0 Å². The molecule has 0 spiro atoms. The first-order valence-electron chi connectivity index (χ1n) is 3.20. The number of hydrogen-bond donors (Lipinski definition) is 4. The average Bonchev–Trinajstić information content (AvgIpc) is 2.32. The third kappa shape index (κ3) is 2.14. The average molecular weight is 203 g/mol. The van der Waals surface area contributed by atoms with Gasteiger partial charge >= 0.3 is 5.97 Å². The van der Waals surface area contributed by atoms with E-state index in [-0.39, 0.29) is 17.4 Å². The summed E-state index contributed by atoms with van der Waals surface area (Å²) in [4.78, 5) is 10.5. The highest BCUT2D eigenvalue weighted by molar-refractivity contribution is 5.89. The molecule has 1 aliphatic rings. The van der Waals surface area contributed by atoms with Crippen molar-refractivity contribution in [3.8, 4) is 0 Å². The second-order valence-corrected chi connectivity index (χ2v) is 2.31. The molecule has 0 aromatic heterocycles. The number of rotatable bonds is 2. The lowest BCUT2D eigenvalue weighted by Gasteiger charge is -2.13. The Bertz CT molecular complexity index is 237. The number of carbonyl (C=O) groups is 1. The molecule has 0 saturated heterocycles. The highest BCUT2D eigenvalue weighted by Gasteiger charge is 2.38. The minimum absolute atomic E-state index is 0. The summed E-state index contributed by atoms with van der Waals surface area (Å²) >= 11 is 0. The van der Waals surface area contributed by atoms with Crippen molar-refractivity contribution in [2.45, 2.75) is 12.2 Å². The molecule has 6 nitrogen and oxygen atoms in total. The Balaban J connectivity index is 0.00000144. The molecular formula is C6H8AlO6. The Kier molecular flexibility index (Phi) is 4.23. The van der Waals surface area contributed by atoms with Gasteiger partial charge in [0.15, 0.2) is 11.9 Å². The molecule has 0 aromatic carbocycles. The van der Waals surface area contributed by atoms with Crippen molar-refractivity contribution in [1.29, 1.82) is 0 Å². The first-order valence-corrected chi connectivity index (χ1v) is 3.20. The van der Waals surface area contributed by atoms with Crippen molar-refractivity contribution in [2.75, 3.05) is 6.61 Å². The molecule has 1 heterocycles. The van der Waals surface area contributed by atoms with Gasteiger partial charge in [0.1, 0.15) is 6.10 Å². The van der Waals surface area contributed by atoms with E-state index in [9.17, 15) is 4.79 Å². The van der Waals surface area contributed by atoms with Crippen LogP contribution < -0.4 is 0 Å². The lowest BCUT2D eigenvalue weighted by Crippen LogP contribution is -2.31. The van der Waals surface area contributed by atoms with Gasteiger partial charge in [-0.05, 0) is 0 Å². The topological polar surface area (TPSA) is 107 Å². The zero-order valence-electron chi connectivity index (χ0n) is 6.54. The van der Waals surface area contributed by atoms with Crippen LogP contribution in [0.15, 0.2) is 11.5 Å². The molecule has 0 saturated carbocycles. The molecular weight excluding hydrogens is 195 g/mol. The molecule has 4 N–H and O–H groups in total. The lowest BCUT2D eigenvalue weighted by molar-refractivity contribution is -0.147. The van der Waals surface area contributed by atoms with Crippen molar-refractivity contribution in [2.24, 2.45) is 0 Å². The van der Waals surface area contributed by atoms with Crippen molar-refractivity contribution >= 4 is 23.3 Å². The Morgan fingerprint density at radius 1 is 1.46 bits per heavy atom. The van der Waals surface area contributed by atoms with E-state index in [1.54, 1.807) is 0 Å². The Morgan fingerprint density at radius 3 is 2.31 bits per heavy atom. The third-order valence-electron chi connectivity index (χ3n) is 1.48. The summed E-state index contributed by atoms with van der Waals surface area (Å²) in [5.41, 5.74) is 0. The fourth-order valence-electron chi connectivity index (χ4n) is 0.823. The van der Waals surface area contributed by atoms with Crippen LogP contribution in [0.4, 0.5) is 0 Å². The van der Waals surface area contributed by atoms with Crippen molar-refractivity contribution < 1.29 is 30.0 Å². The number of ether oxygens (including phenoxy) is 1. The monoisotopic (exact) mass is 203 g/mol. The largest absolute Gasteiger partial charge is 0.505 e. The second-order valence-electron chi connectivity index (χ2n) is 2.31. The highest BCUT2D eigenvalue weighted by Crippen LogP contribution is 2.20. The second kappa shape index (κ2) is 4.49. The Hall–Kier alpha value is -0.738. The number of cyclic esters (lactones) is 1. The number of aliphatic hydroxyl groups is 4. The predicted molar refractivity (Wildman–Crippen MR) is 41.0 cm³/mol. The summed E-state index contributed by atoms with van der Waals surface area (Å²) in [6.07, 6.45) is -2.78. The van der Waals surface area contributed by atoms with Gasteiger partial charge in [-0.2, -0.15) is 0 Å². The van der Waals surface area contributed by atoms with E-state index in [0.717, 1.165) is 0 Å². The number of esters is 1. The summed E-state index contributed by atoms with van der Waals surface area (Å²) in [5.74, 6) is -2.78. The first kappa shape index (κ1) is 12.3. The summed E-state index contributed by atoms with van der Waals surface area (Å²) in [7, 11) is 0. The van der Waals surface area contributed by atoms with Gasteiger partial charge in [-0.15, -0.1) is 0 Å². The third-order valence-corrected chi connectivity index (χ3v) is 1.48. The number of carbonyl (C=O) groups excluding carboxylic acids is 1. The normalized spacial score (nSPS) is 23.8. The first-order chi connectivity index (χ1) is 5.57. The van der Waals surface area contributed by atoms with E-state index >= 15 is 0 Å². The SMILES string of the molecule is O=C1O[C@H]([C@@H](O)CO)C(O)=C1O.[Al]. The summed E-state index contributed by atoms with van der Waals surface area (Å²) < 4.78 is 4.32. The fraction of sp³-hybridized carbons (Fsp3) is 0.500. The maximum Gasteiger partial charge on any atom is 0.377 e. The van der Waals surface area contributed by atoms with Gasteiger partial charge in [0.2, 0.25) is 5.76 Å². The molecule has 13 heavy (non-hydrogen) atoms. The van der Waals surface area contributed by atoms with Crippen LogP contribution in [0.3, 0.4) is 0 Å². The molecule has 1 rings (SSSR count). The molecule has 0 aromatic rings. The molecule has 0 amide bonds. The zero-order chi connectivity index (χ0) is 9.30. The van der Waals surface area contributed by atoms with Crippen molar-refractivity contribution in [3.63, 3.8) is 0 Å². The molecule has 0 unspecified atom stereocenters. The van der Waals surface area contributed by atoms with Gasteiger partial charge in [0.25, 0.3) is 0 Å². The van der Waals surface area contributed by atoms with E-state index in [4.69, 9.17) is 20.4 Å². The van der Waals surface area contributed by atoms with E-state index in [1.165, 1.54) is 0 Å². The van der Waals surface area contributed by atoms with Crippen LogP contribution in [-0.2, 0) is 9.53 Å². The van der Waals surface area contributed by atoms with Gasteiger partial charge in [-0.3, -0.25) is 0 Å². The van der Waals surface area contributed by atoms with E-state index in [0.29, 0.717) is 0 Å². The highest BCUT2D eigenvalue weighted by atomic mass is 27.0. The molecule has 0 bridgehead atoms. The van der Waals surface area contributed by atoms with Crippen LogP contribution in [0.25, 0.3) is 0 Å². The molecule has 71 valence electrons. The molecule has 7 heteroatoms. The van der Waals surface area contributed by atoms with Crippen LogP contribution in [-0.4, -0.2) is 62.6 Å². The van der Waals surface area contributed by atoms with Crippen LogP contribution in [0.5, 0.6) is 0 Å². The summed E-state index contributed by atoms with van der Waals surface area (Å²) in [6, 6.07) is 0. The van der Waals surface area contributed by atoms with E-state index < -0.39 is 36.3 Å².